The third-order valence-corrected chi connectivity index (χ3v) is 5.29. The van der Waals surface area contributed by atoms with Gasteiger partial charge in [-0.1, -0.05) is 6.07 Å². The molecule has 8 nitrogen and oxygen atoms in total. The fourth-order valence-electron chi connectivity index (χ4n) is 3.50. The van der Waals surface area contributed by atoms with Gasteiger partial charge >= 0.3 is 6.18 Å². The number of carbonyl (C=O) groups is 2. The number of rotatable bonds is 9. The fourth-order valence-corrected chi connectivity index (χ4v) is 3.50. The lowest BCUT2D eigenvalue weighted by Crippen LogP contribution is -2.39. The highest BCUT2D eigenvalue weighted by atomic mass is 19.4. The van der Waals surface area contributed by atoms with Crippen molar-refractivity contribution in [2.24, 2.45) is 5.92 Å². The number of aliphatic hydroxyl groups excluding tert-OH is 1. The SMILES string of the molecule is COc1ccc(OC)c(N2CC(C(=O)NCC(O)COc3cccc(C(F)(F)F)c3)CC2=O)c1. The molecule has 1 heterocycles. The van der Waals surface area contributed by atoms with E-state index in [1.54, 1.807) is 18.2 Å². The molecule has 0 aromatic heterocycles. The zero-order valence-corrected chi connectivity index (χ0v) is 18.6. The highest BCUT2D eigenvalue weighted by Gasteiger charge is 2.36. The van der Waals surface area contributed by atoms with Gasteiger partial charge < -0.3 is 29.5 Å². The summed E-state index contributed by atoms with van der Waals surface area (Å²) in [6, 6.07) is 9.28. The third kappa shape index (κ3) is 6.10. The van der Waals surface area contributed by atoms with Crippen molar-refractivity contribution >= 4 is 17.5 Å². The Balaban J connectivity index is 1.52. The number of methoxy groups -OCH3 is 2. The number of nitrogens with one attached hydrogen (secondary N) is 1. The van der Waals surface area contributed by atoms with Gasteiger partial charge in [-0.3, -0.25) is 9.59 Å². The minimum Gasteiger partial charge on any atom is -0.497 e. The molecule has 0 saturated carbocycles. The molecule has 2 amide bonds. The van der Waals surface area contributed by atoms with Crippen molar-refractivity contribution in [1.82, 2.24) is 5.32 Å². The number of aliphatic hydroxyl groups is 1. The molecule has 3 rings (SSSR count). The Morgan fingerprint density at radius 3 is 2.62 bits per heavy atom. The maximum atomic E-state index is 12.8. The average molecular weight is 482 g/mol. The molecule has 0 spiro atoms. The number of benzene rings is 2. The van der Waals surface area contributed by atoms with Gasteiger partial charge in [0.1, 0.15) is 30.0 Å². The molecular formula is C23H25F3N2O6. The Kier molecular flexibility index (Phi) is 7.87. The summed E-state index contributed by atoms with van der Waals surface area (Å²) in [4.78, 5) is 26.6. The van der Waals surface area contributed by atoms with E-state index >= 15 is 0 Å². The van der Waals surface area contributed by atoms with Gasteiger partial charge in [-0.25, -0.2) is 0 Å². The van der Waals surface area contributed by atoms with Crippen molar-refractivity contribution < 1.29 is 42.1 Å². The molecule has 11 heteroatoms. The van der Waals surface area contributed by atoms with Crippen molar-refractivity contribution in [1.29, 1.82) is 0 Å². The summed E-state index contributed by atoms with van der Waals surface area (Å²) in [5, 5.41) is 12.6. The summed E-state index contributed by atoms with van der Waals surface area (Å²) in [5.41, 5.74) is -0.382. The minimum atomic E-state index is -4.51. The van der Waals surface area contributed by atoms with Crippen molar-refractivity contribution in [3.63, 3.8) is 0 Å². The van der Waals surface area contributed by atoms with Crippen LogP contribution in [-0.2, 0) is 15.8 Å². The average Bonchev–Trinajstić information content (AvgIpc) is 3.21. The van der Waals surface area contributed by atoms with Gasteiger partial charge in [-0.05, 0) is 30.3 Å². The second-order valence-electron chi connectivity index (χ2n) is 7.68. The fraction of sp³-hybridized carbons (Fsp3) is 0.391. The monoisotopic (exact) mass is 482 g/mol. The van der Waals surface area contributed by atoms with Gasteiger partial charge in [0.15, 0.2) is 0 Å². The Bertz CT molecular complexity index is 1030. The molecule has 1 aliphatic rings. The molecular weight excluding hydrogens is 457 g/mol. The normalized spacial score (nSPS) is 16.8. The first kappa shape index (κ1) is 25.2. The molecule has 2 atom stereocenters. The number of halogens is 3. The Hall–Kier alpha value is -3.47. The lowest BCUT2D eigenvalue weighted by molar-refractivity contribution is -0.137. The molecule has 184 valence electrons. The number of nitrogens with zero attached hydrogens (tertiary/aromatic N) is 1. The van der Waals surface area contributed by atoms with Crippen LogP contribution in [0.25, 0.3) is 0 Å². The summed E-state index contributed by atoms with van der Waals surface area (Å²) in [5.74, 6) is -0.418. The standard InChI is InChI=1S/C23H25F3N2O6/c1-32-17-6-7-20(33-2)19(10-17)28-12-14(8-21(28)30)22(31)27-11-16(29)13-34-18-5-3-4-15(9-18)23(24,25)26/h3-7,9-10,14,16,29H,8,11-13H2,1-2H3,(H,27,31). The highest BCUT2D eigenvalue weighted by molar-refractivity contribution is 6.01. The van der Waals surface area contributed by atoms with Crippen LogP contribution in [-0.4, -0.2) is 56.9 Å². The molecule has 1 aliphatic heterocycles. The highest BCUT2D eigenvalue weighted by Crippen LogP contribution is 2.36. The van der Waals surface area contributed by atoms with Crippen LogP contribution in [0, 0.1) is 5.92 Å². The molecule has 0 bridgehead atoms. The molecule has 2 unspecified atom stereocenters. The number of hydrogen-bond donors (Lipinski definition) is 2. The Morgan fingerprint density at radius 1 is 1.18 bits per heavy atom. The Morgan fingerprint density at radius 2 is 1.94 bits per heavy atom. The van der Waals surface area contributed by atoms with E-state index in [-0.39, 0.29) is 37.8 Å². The van der Waals surface area contributed by atoms with Crippen molar-refractivity contribution in [2.45, 2.75) is 18.7 Å². The van der Waals surface area contributed by atoms with Crippen LogP contribution in [0.5, 0.6) is 17.2 Å². The van der Waals surface area contributed by atoms with E-state index in [4.69, 9.17) is 14.2 Å². The van der Waals surface area contributed by atoms with Crippen LogP contribution in [0.1, 0.15) is 12.0 Å². The van der Waals surface area contributed by atoms with Crippen LogP contribution in [0.4, 0.5) is 18.9 Å². The number of carbonyl (C=O) groups excluding carboxylic acids is 2. The van der Waals surface area contributed by atoms with E-state index in [0.717, 1.165) is 12.1 Å². The summed E-state index contributed by atoms with van der Waals surface area (Å²) in [6.45, 7) is -0.395. The molecule has 1 saturated heterocycles. The van der Waals surface area contributed by atoms with Crippen molar-refractivity contribution in [3.8, 4) is 17.2 Å². The summed E-state index contributed by atoms with van der Waals surface area (Å²) in [7, 11) is 2.97. The van der Waals surface area contributed by atoms with Gasteiger partial charge in [0.2, 0.25) is 11.8 Å². The molecule has 34 heavy (non-hydrogen) atoms. The number of ether oxygens (including phenoxy) is 3. The maximum absolute atomic E-state index is 12.8. The first-order chi connectivity index (χ1) is 16.1. The van der Waals surface area contributed by atoms with Gasteiger partial charge in [0, 0.05) is 25.6 Å². The molecule has 2 aromatic carbocycles. The van der Waals surface area contributed by atoms with Gasteiger partial charge in [0.05, 0.1) is 31.4 Å². The number of alkyl halides is 3. The van der Waals surface area contributed by atoms with Crippen molar-refractivity contribution in [3.05, 3.63) is 48.0 Å². The predicted molar refractivity (Wildman–Crippen MR) is 116 cm³/mol. The molecule has 2 N–H and O–H groups in total. The molecule has 0 radical (unpaired) electrons. The van der Waals surface area contributed by atoms with Crippen LogP contribution >= 0.6 is 0 Å². The van der Waals surface area contributed by atoms with Gasteiger partial charge in [-0.15, -0.1) is 0 Å². The van der Waals surface area contributed by atoms with Gasteiger partial charge in [-0.2, -0.15) is 13.2 Å². The first-order valence-electron chi connectivity index (χ1n) is 10.4. The minimum absolute atomic E-state index is 0.0248. The number of anilines is 1. The second-order valence-corrected chi connectivity index (χ2v) is 7.68. The predicted octanol–water partition coefficient (Wildman–Crippen LogP) is 2.63. The van der Waals surface area contributed by atoms with Crippen LogP contribution < -0.4 is 24.4 Å². The number of amides is 2. The zero-order valence-electron chi connectivity index (χ0n) is 18.6. The zero-order chi connectivity index (χ0) is 24.9. The van der Waals surface area contributed by atoms with E-state index < -0.39 is 29.7 Å². The summed E-state index contributed by atoms with van der Waals surface area (Å²) in [6.07, 6.45) is -5.69. The van der Waals surface area contributed by atoms with E-state index in [1.807, 2.05) is 0 Å². The van der Waals surface area contributed by atoms with E-state index in [0.29, 0.717) is 17.2 Å². The lowest BCUT2D eigenvalue weighted by Gasteiger charge is -2.20. The van der Waals surface area contributed by atoms with Crippen LogP contribution in [0.3, 0.4) is 0 Å². The topological polar surface area (TPSA) is 97.3 Å². The second kappa shape index (κ2) is 10.6. The van der Waals surface area contributed by atoms with Crippen molar-refractivity contribution in [2.75, 3.05) is 38.8 Å². The summed E-state index contributed by atoms with van der Waals surface area (Å²) >= 11 is 0. The van der Waals surface area contributed by atoms with Crippen LogP contribution in [0.15, 0.2) is 42.5 Å². The quantitative estimate of drug-likeness (QED) is 0.571. The Labute approximate surface area is 194 Å². The lowest BCUT2D eigenvalue weighted by atomic mass is 10.1. The van der Waals surface area contributed by atoms with Crippen LogP contribution in [0.2, 0.25) is 0 Å². The number of hydrogen-bond acceptors (Lipinski definition) is 6. The van der Waals surface area contributed by atoms with Gasteiger partial charge in [0.25, 0.3) is 0 Å². The molecule has 2 aromatic rings. The smallest absolute Gasteiger partial charge is 0.416 e. The van der Waals surface area contributed by atoms with E-state index in [9.17, 15) is 27.9 Å². The first-order valence-corrected chi connectivity index (χ1v) is 10.4. The molecule has 0 aliphatic carbocycles. The largest absolute Gasteiger partial charge is 0.497 e. The summed E-state index contributed by atoms with van der Waals surface area (Å²) < 4.78 is 54.0. The maximum Gasteiger partial charge on any atom is 0.416 e. The van der Waals surface area contributed by atoms with E-state index in [2.05, 4.69) is 5.32 Å². The third-order valence-electron chi connectivity index (χ3n) is 5.29. The van der Waals surface area contributed by atoms with E-state index in [1.165, 1.54) is 31.3 Å². The molecule has 1 fully saturated rings.